The second kappa shape index (κ2) is 7.72. The monoisotopic (exact) mass is 507 g/mol. The van der Waals surface area contributed by atoms with Gasteiger partial charge in [-0.1, -0.05) is 45.7 Å². The lowest BCUT2D eigenvalue weighted by atomic mass is 10.1. The summed E-state index contributed by atoms with van der Waals surface area (Å²) in [6.07, 6.45) is 4.26. The third kappa shape index (κ3) is 3.23. The Morgan fingerprint density at radius 2 is 1.58 bits per heavy atom. The Morgan fingerprint density at radius 1 is 0.839 bits per heavy atom. The Morgan fingerprint density at radius 3 is 2.35 bits per heavy atom. The quantitative estimate of drug-likeness (QED) is 0.343. The molecule has 0 radical (unpaired) electrons. The van der Waals surface area contributed by atoms with Crippen LogP contribution < -0.4 is 16.8 Å². The topological polar surface area (TPSA) is 24.8 Å². The number of fused-ring (bicyclic) bond motifs is 5. The van der Waals surface area contributed by atoms with Crippen molar-refractivity contribution in [2.24, 2.45) is 0 Å². The molecule has 3 heterocycles. The number of rotatable bonds is 2. The molecular weight excluding hydrogens is 493 g/mol. The smallest absolute Gasteiger partial charge is 0.254 e. The highest BCUT2D eigenvalue weighted by Crippen LogP contribution is 2.34. The highest BCUT2D eigenvalue weighted by molar-refractivity contribution is 9.10. The van der Waals surface area contributed by atoms with E-state index >= 15 is 0 Å². The van der Waals surface area contributed by atoms with Crippen molar-refractivity contribution < 1.29 is 16.8 Å². The van der Waals surface area contributed by atoms with Crippen molar-refractivity contribution in [3.05, 3.63) is 101 Å². The average Bonchev–Trinajstić information content (AvgIpc) is 3.33. The maximum atomic E-state index is 6.15. The van der Waals surface area contributed by atoms with Gasteiger partial charge in [0.05, 0.1) is 11.7 Å². The molecule has 0 spiro atoms. The Kier molecular flexibility index (Phi) is 5.01. The molecule has 0 saturated heterocycles. The standard InChI is InChI=1S/C25H16BrClN3.ClH/c26-17-7-5-16(6-8-17)24-25-23-21(20-3-1-2-4-22(20)28-23)13-14-29(25)15-30(24)19-11-9-18(27)10-12-19;/h1-15,28H;1H/q+1;/p-1. The summed E-state index contributed by atoms with van der Waals surface area (Å²) in [6.45, 7) is 0. The maximum absolute atomic E-state index is 6.15. The molecule has 0 bridgehead atoms. The second-order valence-corrected chi connectivity index (χ2v) is 8.70. The van der Waals surface area contributed by atoms with Crippen molar-refractivity contribution in [2.45, 2.75) is 0 Å². The van der Waals surface area contributed by atoms with Crippen LogP contribution in [0.15, 0.2) is 95.9 Å². The van der Waals surface area contributed by atoms with Gasteiger partial charge in [-0.2, -0.15) is 8.97 Å². The molecule has 0 aliphatic carbocycles. The van der Waals surface area contributed by atoms with Gasteiger partial charge in [0.25, 0.3) is 6.33 Å². The SMILES string of the molecule is Clc1ccc(-n2c[n+]3ccc4c5ccccc5[nH]c4c3c2-c2ccc(Br)cc2)cc1.[Cl-]. The van der Waals surface area contributed by atoms with E-state index in [1.54, 1.807) is 0 Å². The van der Waals surface area contributed by atoms with Gasteiger partial charge in [-0.25, -0.2) is 0 Å². The average molecular weight is 509 g/mol. The van der Waals surface area contributed by atoms with Crippen LogP contribution in [0.25, 0.3) is 44.3 Å². The van der Waals surface area contributed by atoms with Gasteiger partial charge in [0.2, 0.25) is 5.52 Å². The molecule has 0 aliphatic heterocycles. The van der Waals surface area contributed by atoms with Gasteiger partial charge in [-0.05, 0) is 60.7 Å². The summed E-state index contributed by atoms with van der Waals surface area (Å²) in [5.74, 6) is 0. The molecule has 3 aromatic heterocycles. The molecule has 3 aromatic carbocycles. The van der Waals surface area contributed by atoms with Gasteiger partial charge >= 0.3 is 0 Å². The summed E-state index contributed by atoms with van der Waals surface area (Å²) in [5, 5.41) is 3.18. The molecule has 152 valence electrons. The van der Waals surface area contributed by atoms with Crippen LogP contribution in [0.4, 0.5) is 0 Å². The van der Waals surface area contributed by atoms with Crippen molar-refractivity contribution in [2.75, 3.05) is 0 Å². The summed E-state index contributed by atoms with van der Waals surface area (Å²) in [7, 11) is 0. The van der Waals surface area contributed by atoms with E-state index in [1.165, 1.54) is 10.8 Å². The van der Waals surface area contributed by atoms with E-state index in [4.69, 9.17) is 11.6 Å². The summed E-state index contributed by atoms with van der Waals surface area (Å²) >= 11 is 9.71. The van der Waals surface area contributed by atoms with Crippen LogP contribution in [0.3, 0.4) is 0 Å². The normalized spacial score (nSPS) is 11.3. The minimum atomic E-state index is 0. The zero-order chi connectivity index (χ0) is 20.2. The molecule has 0 atom stereocenters. The zero-order valence-corrected chi connectivity index (χ0v) is 19.3. The number of benzene rings is 3. The summed E-state index contributed by atoms with van der Waals surface area (Å²) in [5.41, 5.74) is 6.74. The maximum Gasteiger partial charge on any atom is 0.254 e. The van der Waals surface area contributed by atoms with E-state index in [2.05, 4.69) is 97.0 Å². The lowest BCUT2D eigenvalue weighted by molar-refractivity contribution is -0.510. The number of halogens is 3. The number of H-pyrrole nitrogens is 1. The van der Waals surface area contributed by atoms with E-state index in [0.29, 0.717) is 0 Å². The molecule has 0 amide bonds. The number of hydrogen-bond donors (Lipinski definition) is 1. The third-order valence-corrected chi connectivity index (χ3v) is 6.35. The number of nitrogens with one attached hydrogen (secondary N) is 1. The van der Waals surface area contributed by atoms with Crippen molar-refractivity contribution in [3.8, 4) is 16.9 Å². The third-order valence-electron chi connectivity index (χ3n) is 5.57. The highest BCUT2D eigenvalue weighted by Gasteiger charge is 2.24. The molecule has 3 nitrogen and oxygen atoms in total. The van der Waals surface area contributed by atoms with Crippen LogP contribution in [-0.4, -0.2) is 9.55 Å². The van der Waals surface area contributed by atoms with Crippen LogP contribution in [0.1, 0.15) is 0 Å². The Bertz CT molecular complexity index is 1550. The first-order valence-electron chi connectivity index (χ1n) is 9.67. The second-order valence-electron chi connectivity index (χ2n) is 7.35. The zero-order valence-electron chi connectivity index (χ0n) is 16.2. The molecule has 31 heavy (non-hydrogen) atoms. The van der Waals surface area contributed by atoms with Gasteiger partial charge in [-0.3, -0.25) is 0 Å². The number of imidazole rings is 1. The summed E-state index contributed by atoms with van der Waals surface area (Å²) in [6, 6.07) is 27.0. The minimum absolute atomic E-state index is 0. The number of aromatic amines is 1. The first-order chi connectivity index (χ1) is 14.7. The Hall–Kier alpha value is -2.79. The van der Waals surface area contributed by atoms with E-state index in [1.807, 2.05) is 24.3 Å². The minimum Gasteiger partial charge on any atom is -1.00 e. The number of nitrogens with zero attached hydrogens (tertiary/aromatic N) is 2. The van der Waals surface area contributed by atoms with Crippen LogP contribution in [-0.2, 0) is 0 Å². The van der Waals surface area contributed by atoms with Crippen molar-refractivity contribution in [1.82, 2.24) is 9.55 Å². The molecule has 1 N–H and O–H groups in total. The molecule has 0 saturated carbocycles. The first-order valence-corrected chi connectivity index (χ1v) is 10.8. The fourth-order valence-corrected chi connectivity index (χ4v) is 4.59. The number of hydrogen-bond acceptors (Lipinski definition) is 0. The molecule has 6 rings (SSSR count). The van der Waals surface area contributed by atoms with E-state index in [-0.39, 0.29) is 12.4 Å². The van der Waals surface area contributed by atoms with Crippen LogP contribution in [0.5, 0.6) is 0 Å². The van der Waals surface area contributed by atoms with Gasteiger partial charge < -0.3 is 17.4 Å². The predicted molar refractivity (Wildman–Crippen MR) is 126 cm³/mol. The molecule has 0 fully saturated rings. The summed E-state index contributed by atoms with van der Waals surface area (Å²) < 4.78 is 5.47. The predicted octanol–water partition coefficient (Wildman–Crippen LogP) is 3.94. The van der Waals surface area contributed by atoms with E-state index < -0.39 is 0 Å². The number of para-hydroxylation sites is 1. The van der Waals surface area contributed by atoms with Gasteiger partial charge in [0.15, 0.2) is 5.69 Å². The number of aromatic nitrogens is 3. The lowest BCUT2D eigenvalue weighted by Gasteiger charge is -2.03. The van der Waals surface area contributed by atoms with Crippen molar-refractivity contribution >= 4 is 54.9 Å². The fraction of sp³-hybridized carbons (Fsp3) is 0. The first kappa shape index (κ1) is 20.1. The summed E-state index contributed by atoms with van der Waals surface area (Å²) in [4.78, 5) is 3.65. The fourth-order valence-electron chi connectivity index (χ4n) is 4.20. The van der Waals surface area contributed by atoms with Crippen LogP contribution in [0.2, 0.25) is 5.02 Å². The van der Waals surface area contributed by atoms with Gasteiger partial charge in [0.1, 0.15) is 5.69 Å². The van der Waals surface area contributed by atoms with Gasteiger partial charge in [0, 0.05) is 31.3 Å². The highest BCUT2D eigenvalue weighted by atomic mass is 79.9. The Balaban J connectivity index is 0.00000204. The molecule has 6 aromatic rings. The van der Waals surface area contributed by atoms with E-state index in [9.17, 15) is 0 Å². The Labute approximate surface area is 198 Å². The van der Waals surface area contributed by atoms with Crippen LogP contribution in [0, 0.1) is 0 Å². The van der Waals surface area contributed by atoms with Gasteiger partial charge in [-0.15, -0.1) is 0 Å². The van der Waals surface area contributed by atoms with Crippen LogP contribution >= 0.6 is 27.5 Å². The lowest BCUT2D eigenvalue weighted by Crippen LogP contribution is -3.00. The molecule has 6 heteroatoms. The number of pyridine rings is 1. The van der Waals surface area contributed by atoms with E-state index in [0.717, 1.165) is 43.0 Å². The van der Waals surface area contributed by atoms with Crippen molar-refractivity contribution in [3.63, 3.8) is 0 Å². The molecular formula is C25H16BrCl2N3. The van der Waals surface area contributed by atoms with Crippen molar-refractivity contribution in [1.29, 1.82) is 0 Å². The largest absolute Gasteiger partial charge is 1.00 e. The molecule has 0 aliphatic rings. The molecule has 0 unspecified atom stereocenters.